The summed E-state index contributed by atoms with van der Waals surface area (Å²) >= 11 is 0. The molecule has 5 nitrogen and oxygen atoms in total. The number of carboxylic acids is 1. The van der Waals surface area contributed by atoms with Crippen LogP contribution in [0, 0.1) is 5.92 Å². The van der Waals surface area contributed by atoms with Gasteiger partial charge in [0.05, 0.1) is 12.0 Å². The van der Waals surface area contributed by atoms with E-state index in [0.717, 1.165) is 19.3 Å². The molecule has 0 aromatic heterocycles. The van der Waals surface area contributed by atoms with Crippen molar-refractivity contribution in [1.29, 1.82) is 0 Å². The van der Waals surface area contributed by atoms with E-state index in [1.54, 1.807) is 4.90 Å². The maximum atomic E-state index is 12.8. The molecule has 0 aromatic carbocycles. The Labute approximate surface area is 133 Å². The fraction of sp³-hybridized carbons (Fsp3) is 0.882. The Kier molecular flexibility index (Phi) is 6.24. The Morgan fingerprint density at radius 3 is 2.45 bits per heavy atom. The van der Waals surface area contributed by atoms with E-state index < -0.39 is 18.0 Å². The quantitative estimate of drug-likeness (QED) is 0.848. The molecule has 1 aliphatic heterocycles. The molecule has 22 heavy (non-hydrogen) atoms. The minimum Gasteiger partial charge on any atom is -0.481 e. The number of ether oxygens (including phenoxy) is 1. The van der Waals surface area contributed by atoms with Crippen LogP contribution in [0.15, 0.2) is 0 Å². The van der Waals surface area contributed by atoms with Gasteiger partial charge in [0.25, 0.3) is 5.91 Å². The van der Waals surface area contributed by atoms with Crippen molar-refractivity contribution in [2.45, 2.75) is 83.5 Å². The minimum atomic E-state index is -0.800. The van der Waals surface area contributed by atoms with Crippen molar-refractivity contribution in [2.75, 3.05) is 6.54 Å². The number of nitrogens with zero attached hydrogens (tertiary/aromatic N) is 1. The third-order valence-electron chi connectivity index (χ3n) is 5.14. The number of likely N-dealkylation sites (tertiary alicyclic amines) is 1. The molecular formula is C17H29NO4. The highest BCUT2D eigenvalue weighted by Gasteiger charge is 2.38. The van der Waals surface area contributed by atoms with Gasteiger partial charge < -0.3 is 14.7 Å². The van der Waals surface area contributed by atoms with E-state index in [2.05, 4.69) is 0 Å². The van der Waals surface area contributed by atoms with Crippen LogP contribution in [0.4, 0.5) is 0 Å². The molecule has 2 aliphatic rings. The van der Waals surface area contributed by atoms with E-state index in [4.69, 9.17) is 4.74 Å². The van der Waals surface area contributed by atoms with Crippen LogP contribution in [0.3, 0.4) is 0 Å². The molecule has 1 amide bonds. The highest BCUT2D eigenvalue weighted by molar-refractivity contribution is 5.82. The number of piperidine rings is 1. The van der Waals surface area contributed by atoms with Gasteiger partial charge in [0.15, 0.2) is 0 Å². The van der Waals surface area contributed by atoms with Crippen LogP contribution in [0.2, 0.25) is 0 Å². The molecule has 0 spiro atoms. The zero-order valence-corrected chi connectivity index (χ0v) is 13.8. The second-order valence-corrected chi connectivity index (χ2v) is 6.65. The van der Waals surface area contributed by atoms with Gasteiger partial charge >= 0.3 is 5.97 Å². The molecule has 2 fully saturated rings. The van der Waals surface area contributed by atoms with E-state index in [-0.39, 0.29) is 18.1 Å². The van der Waals surface area contributed by atoms with Crippen molar-refractivity contribution in [3.63, 3.8) is 0 Å². The van der Waals surface area contributed by atoms with Gasteiger partial charge in [0, 0.05) is 12.6 Å². The van der Waals surface area contributed by atoms with E-state index in [9.17, 15) is 14.7 Å². The van der Waals surface area contributed by atoms with Crippen molar-refractivity contribution in [3.05, 3.63) is 0 Å². The highest BCUT2D eigenvalue weighted by Crippen LogP contribution is 2.27. The van der Waals surface area contributed by atoms with Crippen LogP contribution in [-0.4, -0.2) is 46.7 Å². The summed E-state index contributed by atoms with van der Waals surface area (Å²) in [7, 11) is 0. The summed E-state index contributed by atoms with van der Waals surface area (Å²) in [4.78, 5) is 25.8. The summed E-state index contributed by atoms with van der Waals surface area (Å²) in [6.45, 7) is 4.46. The molecule has 1 unspecified atom stereocenters. The van der Waals surface area contributed by atoms with E-state index in [1.165, 1.54) is 19.3 Å². The Bertz CT molecular complexity index is 392. The molecule has 1 saturated heterocycles. The third-order valence-corrected chi connectivity index (χ3v) is 5.14. The molecule has 3 atom stereocenters. The lowest BCUT2D eigenvalue weighted by Gasteiger charge is -2.39. The lowest BCUT2D eigenvalue weighted by Crippen LogP contribution is -2.53. The lowest BCUT2D eigenvalue weighted by atomic mass is 9.90. The molecule has 1 N–H and O–H groups in total. The van der Waals surface area contributed by atoms with Gasteiger partial charge in [0.2, 0.25) is 0 Å². The number of carboxylic acid groups (broad SMARTS) is 1. The highest BCUT2D eigenvalue weighted by atomic mass is 16.5. The first-order chi connectivity index (χ1) is 10.5. The van der Waals surface area contributed by atoms with Crippen molar-refractivity contribution < 1.29 is 19.4 Å². The normalized spacial score (nSPS) is 28.4. The third kappa shape index (κ3) is 4.00. The first-order valence-corrected chi connectivity index (χ1v) is 8.73. The lowest BCUT2D eigenvalue weighted by molar-refractivity contribution is -0.158. The zero-order chi connectivity index (χ0) is 16.1. The number of carbonyl (C=O) groups is 2. The van der Waals surface area contributed by atoms with Crippen molar-refractivity contribution >= 4 is 11.9 Å². The minimum absolute atomic E-state index is 0.0217. The van der Waals surface area contributed by atoms with Gasteiger partial charge in [-0.3, -0.25) is 9.59 Å². The first kappa shape index (κ1) is 17.3. The SMILES string of the molecule is CCC(OC1CCCCC1)C(=O)N1CCC[C@H](C(=O)O)[C@@H]1C. The molecule has 126 valence electrons. The van der Waals surface area contributed by atoms with Crippen LogP contribution in [0.5, 0.6) is 0 Å². The second kappa shape index (κ2) is 7.95. The van der Waals surface area contributed by atoms with Gasteiger partial charge in [-0.15, -0.1) is 0 Å². The summed E-state index contributed by atoms with van der Waals surface area (Å²) in [6.07, 6.45) is 7.52. The Morgan fingerprint density at radius 1 is 1.18 bits per heavy atom. The van der Waals surface area contributed by atoms with Crippen molar-refractivity contribution in [1.82, 2.24) is 4.90 Å². The number of amides is 1. The predicted molar refractivity (Wildman–Crippen MR) is 83.6 cm³/mol. The summed E-state index contributed by atoms with van der Waals surface area (Å²) < 4.78 is 6.06. The average Bonchev–Trinajstić information content (AvgIpc) is 2.53. The second-order valence-electron chi connectivity index (χ2n) is 6.65. The number of aliphatic carboxylic acids is 1. The van der Waals surface area contributed by atoms with E-state index in [0.29, 0.717) is 19.4 Å². The molecule has 2 rings (SSSR count). The summed E-state index contributed by atoms with van der Waals surface area (Å²) in [6, 6.07) is -0.247. The topological polar surface area (TPSA) is 66.8 Å². The van der Waals surface area contributed by atoms with Crippen LogP contribution in [0.25, 0.3) is 0 Å². The van der Waals surface area contributed by atoms with Crippen LogP contribution in [-0.2, 0) is 14.3 Å². The maximum absolute atomic E-state index is 12.8. The monoisotopic (exact) mass is 311 g/mol. The number of hydrogen-bond donors (Lipinski definition) is 1. The van der Waals surface area contributed by atoms with Gasteiger partial charge in [-0.2, -0.15) is 0 Å². The number of carbonyl (C=O) groups excluding carboxylic acids is 1. The first-order valence-electron chi connectivity index (χ1n) is 8.73. The van der Waals surface area contributed by atoms with Crippen LogP contribution >= 0.6 is 0 Å². The van der Waals surface area contributed by atoms with Gasteiger partial charge in [-0.05, 0) is 39.0 Å². The molecule has 0 bridgehead atoms. The maximum Gasteiger partial charge on any atom is 0.308 e. The fourth-order valence-corrected chi connectivity index (χ4v) is 3.73. The van der Waals surface area contributed by atoms with Crippen molar-refractivity contribution in [2.24, 2.45) is 5.92 Å². The van der Waals surface area contributed by atoms with Gasteiger partial charge in [0.1, 0.15) is 6.10 Å². The summed E-state index contributed by atoms with van der Waals surface area (Å²) in [5.41, 5.74) is 0. The Hall–Kier alpha value is -1.10. The van der Waals surface area contributed by atoms with E-state index in [1.807, 2.05) is 13.8 Å². The summed E-state index contributed by atoms with van der Waals surface area (Å²) in [5.74, 6) is -1.28. The molecule has 0 aromatic rings. The standard InChI is InChI=1S/C17H29NO4/c1-3-15(22-13-8-5-4-6-9-13)16(19)18-11-7-10-14(12(18)2)17(20)21/h12-15H,3-11H2,1-2H3,(H,20,21)/t12-,14-,15?/m0/s1. The molecule has 1 heterocycles. The smallest absolute Gasteiger partial charge is 0.308 e. The molecule has 1 aliphatic carbocycles. The van der Waals surface area contributed by atoms with Gasteiger partial charge in [-0.25, -0.2) is 0 Å². The molecule has 5 heteroatoms. The average molecular weight is 311 g/mol. The van der Waals surface area contributed by atoms with Crippen LogP contribution in [0.1, 0.15) is 65.2 Å². The molecule has 0 radical (unpaired) electrons. The predicted octanol–water partition coefficient (Wildman–Crippen LogP) is 2.83. The van der Waals surface area contributed by atoms with Gasteiger partial charge in [-0.1, -0.05) is 26.2 Å². The number of rotatable bonds is 5. The Morgan fingerprint density at radius 2 is 1.86 bits per heavy atom. The number of hydrogen-bond acceptors (Lipinski definition) is 3. The Balaban J connectivity index is 1.98. The largest absolute Gasteiger partial charge is 0.481 e. The summed E-state index contributed by atoms with van der Waals surface area (Å²) in [5, 5.41) is 9.30. The van der Waals surface area contributed by atoms with E-state index >= 15 is 0 Å². The fourth-order valence-electron chi connectivity index (χ4n) is 3.73. The van der Waals surface area contributed by atoms with Crippen LogP contribution < -0.4 is 0 Å². The van der Waals surface area contributed by atoms with Crippen molar-refractivity contribution in [3.8, 4) is 0 Å². The molecular weight excluding hydrogens is 282 g/mol. The molecule has 1 saturated carbocycles. The zero-order valence-electron chi connectivity index (χ0n) is 13.8.